The van der Waals surface area contributed by atoms with Gasteiger partial charge in [0.15, 0.2) is 0 Å². The second-order valence-electron chi connectivity index (χ2n) is 5.07. The molecule has 1 aromatic heterocycles. The molecule has 110 valence electrons. The molecule has 0 bridgehead atoms. The minimum Gasteiger partial charge on any atom is -0.419 e. The number of nitriles is 1. The van der Waals surface area contributed by atoms with Gasteiger partial charge in [-0.3, -0.25) is 4.90 Å². The van der Waals surface area contributed by atoms with Crippen LogP contribution in [-0.4, -0.2) is 39.9 Å². The van der Waals surface area contributed by atoms with E-state index in [0.717, 1.165) is 12.1 Å². The number of aromatic nitrogens is 2. The number of nitrogens with zero attached hydrogens (tertiary/aromatic N) is 4. The van der Waals surface area contributed by atoms with E-state index in [1.165, 1.54) is 0 Å². The number of rotatable bonds is 6. The summed E-state index contributed by atoms with van der Waals surface area (Å²) in [5.74, 6) is 0.973. The first-order valence-electron chi connectivity index (χ1n) is 6.78. The third kappa shape index (κ3) is 4.38. The van der Waals surface area contributed by atoms with Crippen molar-refractivity contribution in [1.82, 2.24) is 15.1 Å². The molecule has 6 heteroatoms. The largest absolute Gasteiger partial charge is 0.419 e. The molecule has 0 saturated carbocycles. The van der Waals surface area contributed by atoms with Crippen molar-refractivity contribution in [2.24, 2.45) is 0 Å². The lowest BCUT2D eigenvalue weighted by Crippen LogP contribution is -2.22. The van der Waals surface area contributed by atoms with Gasteiger partial charge in [-0.25, -0.2) is 0 Å². The second kappa shape index (κ2) is 6.97. The predicted octanol–water partition coefficient (Wildman–Crippen LogP) is 1.81. The van der Waals surface area contributed by atoms with Gasteiger partial charge in [0.2, 0.25) is 11.8 Å². The van der Waals surface area contributed by atoms with E-state index in [1.54, 1.807) is 31.2 Å². The number of aliphatic hydroxyl groups is 1. The molecule has 0 amide bonds. The number of aliphatic hydroxyl groups excluding tert-OH is 1. The SMILES string of the molecule is CC(O)CCN(C)Cc1nnc(-c2ccc(C#N)cc2)o1. The molecule has 1 heterocycles. The van der Waals surface area contributed by atoms with Crippen LogP contribution in [0.1, 0.15) is 24.8 Å². The molecule has 1 atom stereocenters. The van der Waals surface area contributed by atoms with Gasteiger partial charge < -0.3 is 9.52 Å². The lowest BCUT2D eigenvalue weighted by molar-refractivity contribution is 0.159. The molecule has 0 aliphatic rings. The van der Waals surface area contributed by atoms with E-state index in [4.69, 9.17) is 9.68 Å². The van der Waals surface area contributed by atoms with Crippen LogP contribution in [0.3, 0.4) is 0 Å². The highest BCUT2D eigenvalue weighted by molar-refractivity contribution is 5.54. The molecule has 21 heavy (non-hydrogen) atoms. The van der Waals surface area contributed by atoms with E-state index in [-0.39, 0.29) is 6.10 Å². The molecule has 0 aliphatic heterocycles. The van der Waals surface area contributed by atoms with E-state index in [2.05, 4.69) is 16.3 Å². The monoisotopic (exact) mass is 286 g/mol. The number of benzene rings is 1. The van der Waals surface area contributed by atoms with Crippen molar-refractivity contribution in [2.75, 3.05) is 13.6 Å². The molecule has 0 fully saturated rings. The van der Waals surface area contributed by atoms with Gasteiger partial charge in [-0.15, -0.1) is 10.2 Å². The normalized spacial score (nSPS) is 12.3. The third-order valence-electron chi connectivity index (χ3n) is 3.06. The fraction of sp³-hybridized carbons (Fsp3) is 0.400. The Kier molecular flexibility index (Phi) is 5.04. The van der Waals surface area contributed by atoms with Gasteiger partial charge in [-0.2, -0.15) is 5.26 Å². The summed E-state index contributed by atoms with van der Waals surface area (Å²) < 4.78 is 5.61. The minimum atomic E-state index is -0.315. The number of hydrogen-bond acceptors (Lipinski definition) is 6. The summed E-state index contributed by atoms with van der Waals surface area (Å²) in [6.45, 7) is 3.06. The summed E-state index contributed by atoms with van der Waals surface area (Å²) in [7, 11) is 1.94. The molecule has 1 N–H and O–H groups in total. The second-order valence-corrected chi connectivity index (χ2v) is 5.07. The van der Waals surface area contributed by atoms with Crippen LogP contribution < -0.4 is 0 Å². The first-order valence-corrected chi connectivity index (χ1v) is 6.78. The highest BCUT2D eigenvalue weighted by atomic mass is 16.4. The molecule has 1 aromatic carbocycles. The Labute approximate surface area is 123 Å². The van der Waals surface area contributed by atoms with E-state index in [0.29, 0.717) is 30.3 Å². The van der Waals surface area contributed by atoms with Gasteiger partial charge in [0.25, 0.3) is 0 Å². The Hall–Kier alpha value is -2.23. The van der Waals surface area contributed by atoms with Crippen molar-refractivity contribution >= 4 is 0 Å². The van der Waals surface area contributed by atoms with Crippen molar-refractivity contribution in [3.05, 3.63) is 35.7 Å². The maximum atomic E-state index is 9.26. The smallest absolute Gasteiger partial charge is 0.247 e. The Morgan fingerprint density at radius 2 is 2.05 bits per heavy atom. The Morgan fingerprint density at radius 1 is 1.33 bits per heavy atom. The van der Waals surface area contributed by atoms with Crippen LogP contribution >= 0.6 is 0 Å². The van der Waals surface area contributed by atoms with Crippen LogP contribution in [0.5, 0.6) is 0 Å². The van der Waals surface area contributed by atoms with Gasteiger partial charge >= 0.3 is 0 Å². The summed E-state index contributed by atoms with van der Waals surface area (Å²) >= 11 is 0. The zero-order chi connectivity index (χ0) is 15.2. The quantitative estimate of drug-likeness (QED) is 0.871. The summed E-state index contributed by atoms with van der Waals surface area (Å²) in [6.07, 6.45) is 0.386. The first kappa shape index (κ1) is 15.2. The molecule has 0 radical (unpaired) electrons. The Balaban J connectivity index is 1.99. The molecule has 0 aliphatic carbocycles. The molecule has 1 unspecified atom stereocenters. The zero-order valence-corrected chi connectivity index (χ0v) is 12.2. The maximum Gasteiger partial charge on any atom is 0.247 e. The molecule has 0 saturated heterocycles. The summed E-state index contributed by atoms with van der Waals surface area (Å²) in [5, 5.41) is 26.1. The lowest BCUT2D eigenvalue weighted by atomic mass is 10.1. The predicted molar refractivity (Wildman–Crippen MR) is 77.1 cm³/mol. The molecular weight excluding hydrogens is 268 g/mol. The third-order valence-corrected chi connectivity index (χ3v) is 3.06. The van der Waals surface area contributed by atoms with Gasteiger partial charge in [-0.1, -0.05) is 0 Å². The molecule has 6 nitrogen and oxygen atoms in total. The Bertz CT molecular complexity index is 613. The van der Waals surface area contributed by atoms with Crippen molar-refractivity contribution in [3.63, 3.8) is 0 Å². The first-order chi connectivity index (χ1) is 10.1. The van der Waals surface area contributed by atoms with Crippen molar-refractivity contribution in [1.29, 1.82) is 5.26 Å². The van der Waals surface area contributed by atoms with Crippen LogP contribution in [0.25, 0.3) is 11.5 Å². The minimum absolute atomic E-state index is 0.315. The maximum absolute atomic E-state index is 9.26. The van der Waals surface area contributed by atoms with Crippen molar-refractivity contribution in [2.45, 2.75) is 26.0 Å². The average Bonchev–Trinajstić information content (AvgIpc) is 2.93. The van der Waals surface area contributed by atoms with Crippen LogP contribution in [-0.2, 0) is 6.54 Å². The van der Waals surface area contributed by atoms with E-state index < -0.39 is 0 Å². The number of hydrogen-bond donors (Lipinski definition) is 1. The van der Waals surface area contributed by atoms with E-state index in [9.17, 15) is 5.11 Å². The molecule has 2 rings (SSSR count). The fourth-order valence-electron chi connectivity index (χ4n) is 1.84. The summed E-state index contributed by atoms with van der Waals surface area (Å²) in [5.41, 5.74) is 1.38. The van der Waals surface area contributed by atoms with Gasteiger partial charge in [0.05, 0.1) is 24.3 Å². The van der Waals surface area contributed by atoms with Gasteiger partial charge in [0, 0.05) is 12.1 Å². The van der Waals surface area contributed by atoms with Crippen molar-refractivity contribution < 1.29 is 9.52 Å². The highest BCUT2D eigenvalue weighted by Crippen LogP contribution is 2.18. The average molecular weight is 286 g/mol. The molecule has 0 spiro atoms. The standard InChI is InChI=1S/C15H18N4O2/c1-11(20)7-8-19(2)10-14-17-18-15(21-14)13-5-3-12(9-16)4-6-13/h3-6,11,20H,7-8,10H2,1-2H3. The van der Waals surface area contributed by atoms with Gasteiger partial charge in [0.1, 0.15) is 0 Å². The Morgan fingerprint density at radius 3 is 2.67 bits per heavy atom. The fourth-order valence-corrected chi connectivity index (χ4v) is 1.84. The van der Waals surface area contributed by atoms with Crippen LogP contribution in [0, 0.1) is 11.3 Å². The van der Waals surface area contributed by atoms with Crippen LogP contribution in [0.4, 0.5) is 0 Å². The molecule has 2 aromatic rings. The zero-order valence-electron chi connectivity index (χ0n) is 12.2. The summed E-state index contributed by atoms with van der Waals surface area (Å²) in [6, 6.07) is 9.07. The van der Waals surface area contributed by atoms with Crippen LogP contribution in [0.2, 0.25) is 0 Å². The lowest BCUT2D eigenvalue weighted by Gasteiger charge is -2.14. The van der Waals surface area contributed by atoms with E-state index in [1.807, 2.05) is 11.9 Å². The highest BCUT2D eigenvalue weighted by Gasteiger charge is 2.11. The van der Waals surface area contributed by atoms with E-state index >= 15 is 0 Å². The molecular formula is C15H18N4O2. The van der Waals surface area contributed by atoms with Crippen LogP contribution in [0.15, 0.2) is 28.7 Å². The van der Waals surface area contributed by atoms with Gasteiger partial charge in [-0.05, 0) is 44.7 Å². The topological polar surface area (TPSA) is 86.2 Å². The van der Waals surface area contributed by atoms with Crippen molar-refractivity contribution in [3.8, 4) is 17.5 Å². The summed E-state index contributed by atoms with van der Waals surface area (Å²) in [4.78, 5) is 2.02.